The van der Waals surface area contributed by atoms with Crippen molar-refractivity contribution < 1.29 is 32.6 Å². The van der Waals surface area contributed by atoms with Crippen molar-refractivity contribution in [3.63, 3.8) is 0 Å². The number of nitrogens with one attached hydrogen (secondary N) is 1. The largest absolute Gasteiger partial charge is 0.505 e. The van der Waals surface area contributed by atoms with Crippen molar-refractivity contribution in [3.8, 4) is 16.9 Å². The standard InChI is InChI=1S/C25H21ClF3N7O5/c1-34-10-32-23-16(25(34)40)13(11-6-12(22(30)39)21(38)17(26)18(11)28)8-36(23)9-15(37)33-20-14(27)7-31-24(19(20)29)35-2-4-41-5-3-35/h6-8,10,38H,2-5,9H2,1H3,(H2,30,39)(H,31,33,37). The lowest BCUT2D eigenvalue weighted by atomic mass is 10.0. The molecule has 0 unspecified atom stereocenters. The van der Waals surface area contributed by atoms with Gasteiger partial charge in [-0.2, -0.15) is 0 Å². The Morgan fingerprint density at radius 1 is 1.17 bits per heavy atom. The Kier molecular flexibility index (Phi) is 7.31. The van der Waals surface area contributed by atoms with E-state index in [0.717, 1.165) is 27.7 Å². The molecule has 0 saturated carbocycles. The van der Waals surface area contributed by atoms with Crippen LogP contribution in [0, 0.1) is 17.5 Å². The molecule has 16 heteroatoms. The van der Waals surface area contributed by atoms with E-state index in [4.69, 9.17) is 22.1 Å². The van der Waals surface area contributed by atoms with Crippen LogP contribution in [0.3, 0.4) is 0 Å². The summed E-state index contributed by atoms with van der Waals surface area (Å²) in [5.41, 5.74) is 2.82. The van der Waals surface area contributed by atoms with E-state index in [2.05, 4.69) is 15.3 Å². The van der Waals surface area contributed by atoms with E-state index in [1.54, 1.807) is 4.90 Å². The van der Waals surface area contributed by atoms with E-state index in [0.29, 0.717) is 26.3 Å². The van der Waals surface area contributed by atoms with Gasteiger partial charge >= 0.3 is 0 Å². The van der Waals surface area contributed by atoms with Crippen molar-refractivity contribution in [2.24, 2.45) is 12.8 Å². The Balaban J connectivity index is 1.56. The van der Waals surface area contributed by atoms with Gasteiger partial charge in [0.15, 0.2) is 23.3 Å². The van der Waals surface area contributed by atoms with Gasteiger partial charge in [-0.05, 0) is 6.07 Å². The average molecular weight is 592 g/mol. The third kappa shape index (κ3) is 4.93. The van der Waals surface area contributed by atoms with Crippen LogP contribution in [0.4, 0.5) is 24.7 Å². The van der Waals surface area contributed by atoms with Gasteiger partial charge in [-0.1, -0.05) is 11.6 Å². The van der Waals surface area contributed by atoms with Gasteiger partial charge in [-0.3, -0.25) is 14.4 Å². The van der Waals surface area contributed by atoms with Gasteiger partial charge < -0.3 is 34.9 Å². The molecule has 214 valence electrons. The van der Waals surface area contributed by atoms with Crippen LogP contribution < -0.4 is 21.5 Å². The number of anilines is 2. The van der Waals surface area contributed by atoms with Crippen LogP contribution in [0.1, 0.15) is 10.4 Å². The third-order valence-corrected chi connectivity index (χ3v) is 6.86. The molecule has 1 aliphatic rings. The molecule has 1 aliphatic heterocycles. The lowest BCUT2D eigenvalue weighted by Crippen LogP contribution is -2.37. The number of aromatic nitrogens is 4. The van der Waals surface area contributed by atoms with Crippen LogP contribution in [-0.2, 0) is 23.1 Å². The van der Waals surface area contributed by atoms with Gasteiger partial charge in [-0.15, -0.1) is 0 Å². The fraction of sp³-hybridized carbons (Fsp3) is 0.240. The van der Waals surface area contributed by atoms with Gasteiger partial charge in [0, 0.05) is 37.5 Å². The number of hydrogen-bond donors (Lipinski definition) is 3. The molecule has 4 N–H and O–H groups in total. The molecule has 0 atom stereocenters. The molecule has 4 aromatic rings. The molecule has 0 spiro atoms. The SMILES string of the molecule is Cn1cnc2c(c(-c3cc(C(N)=O)c(O)c(Cl)c3F)cn2CC(=O)Nc2c(F)cnc(N3CCOCC3)c2F)c1=O. The number of fused-ring (bicyclic) bond motifs is 1. The fourth-order valence-corrected chi connectivity index (χ4v) is 4.69. The maximum absolute atomic E-state index is 15.2. The molecular formula is C25H21ClF3N7O5. The second-order valence-electron chi connectivity index (χ2n) is 9.11. The summed E-state index contributed by atoms with van der Waals surface area (Å²) in [6.07, 6.45) is 3.13. The molecule has 12 nitrogen and oxygen atoms in total. The number of ether oxygens (including phenoxy) is 1. The van der Waals surface area contributed by atoms with E-state index in [9.17, 15) is 23.9 Å². The molecule has 1 aromatic carbocycles. The van der Waals surface area contributed by atoms with E-state index in [-0.39, 0.29) is 28.0 Å². The number of rotatable bonds is 6. The van der Waals surface area contributed by atoms with Crippen LogP contribution >= 0.6 is 11.6 Å². The molecule has 0 aliphatic carbocycles. The highest BCUT2D eigenvalue weighted by atomic mass is 35.5. The van der Waals surface area contributed by atoms with Crippen molar-refractivity contribution in [3.05, 3.63) is 63.2 Å². The minimum atomic E-state index is -1.17. The van der Waals surface area contributed by atoms with Crippen LogP contribution in [0.5, 0.6) is 5.75 Å². The van der Waals surface area contributed by atoms with E-state index < -0.39 is 63.4 Å². The zero-order valence-electron chi connectivity index (χ0n) is 21.3. The van der Waals surface area contributed by atoms with Gasteiger partial charge in [0.05, 0.1) is 36.7 Å². The van der Waals surface area contributed by atoms with Gasteiger partial charge in [0.2, 0.25) is 5.91 Å². The zero-order valence-corrected chi connectivity index (χ0v) is 22.0. The predicted molar refractivity (Wildman–Crippen MR) is 141 cm³/mol. The topological polar surface area (TPSA) is 158 Å². The summed E-state index contributed by atoms with van der Waals surface area (Å²) in [5, 5.41) is 11.3. The van der Waals surface area contributed by atoms with Gasteiger partial charge in [-0.25, -0.2) is 23.1 Å². The highest BCUT2D eigenvalue weighted by molar-refractivity contribution is 6.33. The lowest BCUT2D eigenvalue weighted by molar-refractivity contribution is -0.116. The first-order chi connectivity index (χ1) is 19.5. The summed E-state index contributed by atoms with van der Waals surface area (Å²) < 4.78 is 52.5. The zero-order chi connectivity index (χ0) is 29.6. The normalized spacial score (nSPS) is 13.5. The predicted octanol–water partition coefficient (Wildman–Crippen LogP) is 2.15. The quantitative estimate of drug-likeness (QED) is 0.308. The molecule has 2 amide bonds. The first-order valence-electron chi connectivity index (χ1n) is 12.0. The summed E-state index contributed by atoms with van der Waals surface area (Å²) in [5.74, 6) is -6.42. The first-order valence-corrected chi connectivity index (χ1v) is 12.4. The van der Waals surface area contributed by atoms with Gasteiger partial charge in [0.1, 0.15) is 28.7 Å². The molecular weight excluding hydrogens is 571 g/mol. The summed E-state index contributed by atoms with van der Waals surface area (Å²) in [7, 11) is 1.39. The number of amides is 2. The van der Waals surface area contributed by atoms with Crippen LogP contribution in [0.25, 0.3) is 22.2 Å². The minimum Gasteiger partial charge on any atom is -0.505 e. The third-order valence-electron chi connectivity index (χ3n) is 6.52. The maximum atomic E-state index is 15.2. The Labute approximate surface area is 233 Å². The number of carbonyl (C=O) groups is 2. The molecule has 41 heavy (non-hydrogen) atoms. The van der Waals surface area contributed by atoms with Crippen molar-refractivity contribution in [1.82, 2.24) is 19.1 Å². The lowest BCUT2D eigenvalue weighted by Gasteiger charge is -2.28. The Hall–Kier alpha value is -4.63. The first kappa shape index (κ1) is 27.9. The molecule has 3 aromatic heterocycles. The molecule has 0 radical (unpaired) electrons. The summed E-state index contributed by atoms with van der Waals surface area (Å²) in [6.45, 7) is 0.668. The number of nitrogens with zero attached hydrogens (tertiary/aromatic N) is 5. The number of halogens is 4. The number of aryl methyl sites for hydroxylation is 1. The number of nitrogens with two attached hydrogens (primary N) is 1. The van der Waals surface area contributed by atoms with Crippen molar-refractivity contribution in [2.75, 3.05) is 36.5 Å². The monoisotopic (exact) mass is 591 g/mol. The van der Waals surface area contributed by atoms with Crippen molar-refractivity contribution >= 4 is 46.0 Å². The van der Waals surface area contributed by atoms with Crippen LogP contribution in [0.15, 0.2) is 29.6 Å². The van der Waals surface area contributed by atoms with Crippen molar-refractivity contribution in [2.45, 2.75) is 6.54 Å². The fourth-order valence-electron chi connectivity index (χ4n) is 4.49. The summed E-state index contributed by atoms with van der Waals surface area (Å²) >= 11 is 5.89. The Morgan fingerprint density at radius 3 is 2.56 bits per heavy atom. The number of aromatic hydroxyl groups is 1. The Morgan fingerprint density at radius 2 is 1.88 bits per heavy atom. The molecule has 5 rings (SSSR count). The van der Waals surface area contributed by atoms with E-state index in [1.807, 2.05) is 0 Å². The van der Waals surface area contributed by atoms with Crippen LogP contribution in [-0.4, -0.2) is 62.3 Å². The number of morpholine rings is 1. The second-order valence-corrected chi connectivity index (χ2v) is 9.49. The second kappa shape index (κ2) is 10.7. The number of pyridine rings is 1. The molecule has 1 fully saturated rings. The summed E-state index contributed by atoms with van der Waals surface area (Å²) in [4.78, 5) is 47.4. The number of primary amides is 1. The molecule has 4 heterocycles. The highest BCUT2D eigenvalue weighted by Crippen LogP contribution is 2.39. The van der Waals surface area contributed by atoms with E-state index >= 15 is 8.78 Å². The number of phenols is 1. The number of carbonyl (C=O) groups excluding carboxylic acids is 2. The minimum absolute atomic E-state index is 0.0767. The van der Waals surface area contributed by atoms with Crippen molar-refractivity contribution in [1.29, 1.82) is 0 Å². The molecule has 1 saturated heterocycles. The summed E-state index contributed by atoms with van der Waals surface area (Å²) in [6, 6.07) is 0.916. The van der Waals surface area contributed by atoms with Gasteiger partial charge in [0.25, 0.3) is 11.5 Å². The Bertz CT molecular complexity index is 1790. The average Bonchev–Trinajstić information content (AvgIpc) is 3.30. The van der Waals surface area contributed by atoms with Crippen LogP contribution in [0.2, 0.25) is 5.02 Å². The number of hydrogen-bond acceptors (Lipinski definition) is 8. The highest BCUT2D eigenvalue weighted by Gasteiger charge is 2.26. The molecule has 0 bridgehead atoms. The van der Waals surface area contributed by atoms with E-state index in [1.165, 1.54) is 13.2 Å². The smallest absolute Gasteiger partial charge is 0.263 e. The number of benzene rings is 1. The maximum Gasteiger partial charge on any atom is 0.263 e.